The van der Waals surface area contributed by atoms with Crippen LogP contribution < -0.4 is 5.32 Å². The molecule has 1 aromatic carbocycles. The number of amides is 1. The van der Waals surface area contributed by atoms with Crippen LogP contribution >= 0.6 is 11.3 Å². The minimum atomic E-state index is -1.12. The summed E-state index contributed by atoms with van der Waals surface area (Å²) in [4.78, 5) is 37.8. The Morgan fingerprint density at radius 3 is 2.53 bits per heavy atom. The minimum absolute atomic E-state index is 0.0955. The zero-order valence-electron chi connectivity index (χ0n) is 16.6. The number of anilines is 1. The van der Waals surface area contributed by atoms with Crippen molar-refractivity contribution in [3.8, 4) is 10.4 Å². The number of aryl methyl sites for hydroxylation is 1. The van der Waals surface area contributed by atoms with Crippen LogP contribution in [0.5, 0.6) is 0 Å². The molecule has 1 atom stereocenters. The summed E-state index contributed by atoms with van der Waals surface area (Å²) in [6, 6.07) is 12.5. The summed E-state index contributed by atoms with van der Waals surface area (Å²) in [5.41, 5.74) is 1.65. The molecule has 0 saturated carbocycles. The Balaban J connectivity index is 1.78. The van der Waals surface area contributed by atoms with Gasteiger partial charge in [-0.05, 0) is 32.4 Å². The lowest BCUT2D eigenvalue weighted by atomic mass is 10.1. The van der Waals surface area contributed by atoms with E-state index in [9.17, 15) is 14.4 Å². The SMILES string of the molecule is CCOC(=O)c1cc(-c2ccccc2)sc1NC(=O)C(C)OC(=O)c1cc(C)no1. The number of esters is 2. The van der Waals surface area contributed by atoms with Gasteiger partial charge in [-0.25, -0.2) is 9.59 Å². The van der Waals surface area contributed by atoms with E-state index in [1.807, 2.05) is 30.3 Å². The lowest BCUT2D eigenvalue weighted by molar-refractivity contribution is -0.123. The van der Waals surface area contributed by atoms with Crippen LogP contribution in [0.25, 0.3) is 10.4 Å². The van der Waals surface area contributed by atoms with E-state index in [0.717, 1.165) is 10.4 Å². The Labute approximate surface area is 176 Å². The van der Waals surface area contributed by atoms with Gasteiger partial charge in [-0.3, -0.25) is 4.79 Å². The van der Waals surface area contributed by atoms with Crippen LogP contribution in [0.15, 0.2) is 47.0 Å². The number of thiophene rings is 1. The Morgan fingerprint density at radius 2 is 1.90 bits per heavy atom. The Kier molecular flexibility index (Phi) is 6.63. The van der Waals surface area contributed by atoms with Gasteiger partial charge in [0.1, 0.15) is 5.00 Å². The predicted octanol–water partition coefficient (Wildman–Crippen LogP) is 4.07. The molecule has 0 bridgehead atoms. The number of carbonyl (C=O) groups excluding carboxylic acids is 3. The van der Waals surface area contributed by atoms with Crippen LogP contribution in [-0.2, 0) is 14.3 Å². The highest BCUT2D eigenvalue weighted by atomic mass is 32.1. The van der Waals surface area contributed by atoms with E-state index in [4.69, 9.17) is 14.0 Å². The molecule has 9 heteroatoms. The van der Waals surface area contributed by atoms with Gasteiger partial charge in [0.15, 0.2) is 6.10 Å². The van der Waals surface area contributed by atoms with Crippen LogP contribution in [-0.4, -0.2) is 35.7 Å². The molecule has 0 spiro atoms. The molecule has 3 rings (SSSR count). The molecule has 0 aliphatic heterocycles. The Bertz CT molecular complexity index is 1060. The molecule has 2 heterocycles. The Hall–Kier alpha value is -3.46. The first-order valence-corrected chi connectivity index (χ1v) is 10.0. The number of ether oxygens (including phenoxy) is 2. The van der Waals surface area contributed by atoms with Crippen molar-refractivity contribution in [3.63, 3.8) is 0 Å². The molecule has 1 N–H and O–H groups in total. The van der Waals surface area contributed by atoms with Gasteiger partial charge in [0, 0.05) is 10.9 Å². The molecule has 0 aliphatic carbocycles. The van der Waals surface area contributed by atoms with E-state index in [-0.39, 0.29) is 17.9 Å². The van der Waals surface area contributed by atoms with Crippen LogP contribution in [0.2, 0.25) is 0 Å². The van der Waals surface area contributed by atoms with Crippen LogP contribution in [0.1, 0.15) is 40.5 Å². The number of nitrogens with zero attached hydrogens (tertiary/aromatic N) is 1. The molecular formula is C21H20N2O6S. The van der Waals surface area contributed by atoms with Gasteiger partial charge in [-0.15, -0.1) is 11.3 Å². The highest BCUT2D eigenvalue weighted by molar-refractivity contribution is 7.20. The molecular weight excluding hydrogens is 408 g/mol. The molecule has 0 aliphatic rings. The quantitative estimate of drug-likeness (QED) is 0.565. The summed E-state index contributed by atoms with van der Waals surface area (Å²) in [5, 5.41) is 6.58. The zero-order chi connectivity index (χ0) is 21.7. The van der Waals surface area contributed by atoms with Gasteiger partial charge in [0.25, 0.3) is 5.91 Å². The second-order valence-electron chi connectivity index (χ2n) is 6.31. The van der Waals surface area contributed by atoms with Crippen molar-refractivity contribution in [1.29, 1.82) is 0 Å². The third-order valence-corrected chi connectivity index (χ3v) is 5.10. The minimum Gasteiger partial charge on any atom is -0.462 e. The summed E-state index contributed by atoms with van der Waals surface area (Å²) < 4.78 is 15.1. The molecule has 3 aromatic rings. The second kappa shape index (κ2) is 9.36. The molecule has 0 saturated heterocycles. The summed E-state index contributed by atoms with van der Waals surface area (Å²) in [6.45, 7) is 4.99. The maximum Gasteiger partial charge on any atom is 0.377 e. The maximum atomic E-state index is 12.6. The highest BCUT2D eigenvalue weighted by Gasteiger charge is 2.25. The molecule has 0 fully saturated rings. The summed E-state index contributed by atoms with van der Waals surface area (Å²) in [7, 11) is 0. The van der Waals surface area contributed by atoms with Gasteiger partial charge in [0.2, 0.25) is 5.76 Å². The molecule has 1 unspecified atom stereocenters. The zero-order valence-corrected chi connectivity index (χ0v) is 17.4. The lowest BCUT2D eigenvalue weighted by Gasteiger charge is -2.12. The van der Waals surface area contributed by atoms with Gasteiger partial charge in [0.05, 0.1) is 17.9 Å². The molecule has 30 heavy (non-hydrogen) atoms. The van der Waals surface area contributed by atoms with Crippen LogP contribution in [0.4, 0.5) is 5.00 Å². The highest BCUT2D eigenvalue weighted by Crippen LogP contribution is 2.36. The first-order valence-electron chi connectivity index (χ1n) is 9.20. The van der Waals surface area contributed by atoms with Crippen molar-refractivity contribution in [1.82, 2.24) is 5.16 Å². The average molecular weight is 428 g/mol. The normalized spacial score (nSPS) is 11.6. The fourth-order valence-corrected chi connectivity index (χ4v) is 3.59. The number of carbonyl (C=O) groups is 3. The second-order valence-corrected chi connectivity index (χ2v) is 7.36. The van der Waals surface area contributed by atoms with E-state index < -0.39 is 23.9 Å². The fraction of sp³-hybridized carbons (Fsp3) is 0.238. The first-order chi connectivity index (χ1) is 14.4. The van der Waals surface area contributed by atoms with E-state index in [0.29, 0.717) is 10.7 Å². The number of rotatable bonds is 7. The van der Waals surface area contributed by atoms with Crippen molar-refractivity contribution < 1.29 is 28.4 Å². The third-order valence-electron chi connectivity index (χ3n) is 4.00. The van der Waals surface area contributed by atoms with E-state index in [1.165, 1.54) is 24.3 Å². The van der Waals surface area contributed by atoms with Crippen molar-refractivity contribution in [2.24, 2.45) is 0 Å². The molecule has 0 radical (unpaired) electrons. The van der Waals surface area contributed by atoms with Crippen molar-refractivity contribution in [2.45, 2.75) is 26.9 Å². The standard InChI is InChI=1S/C21H20N2O6S/c1-4-27-20(25)15-11-17(14-8-6-5-7-9-14)30-19(15)22-18(24)13(3)28-21(26)16-10-12(2)23-29-16/h5-11,13H,4H2,1-3H3,(H,22,24). The number of aromatic nitrogens is 1. The first kappa shape index (κ1) is 21.3. The fourth-order valence-electron chi connectivity index (χ4n) is 2.53. The predicted molar refractivity (Wildman–Crippen MR) is 110 cm³/mol. The molecule has 1 amide bonds. The summed E-state index contributed by atoms with van der Waals surface area (Å²) in [5.74, 6) is -2.04. The topological polar surface area (TPSA) is 108 Å². The van der Waals surface area contributed by atoms with Crippen molar-refractivity contribution in [2.75, 3.05) is 11.9 Å². The largest absolute Gasteiger partial charge is 0.462 e. The van der Waals surface area contributed by atoms with E-state index in [1.54, 1.807) is 19.9 Å². The van der Waals surface area contributed by atoms with E-state index >= 15 is 0 Å². The number of hydrogen-bond acceptors (Lipinski definition) is 8. The van der Waals surface area contributed by atoms with Crippen molar-refractivity contribution in [3.05, 3.63) is 59.5 Å². The smallest absolute Gasteiger partial charge is 0.377 e. The van der Waals surface area contributed by atoms with Crippen molar-refractivity contribution >= 4 is 34.2 Å². The maximum absolute atomic E-state index is 12.6. The molecule has 8 nitrogen and oxygen atoms in total. The molecule has 156 valence electrons. The Morgan fingerprint density at radius 1 is 1.17 bits per heavy atom. The van der Waals surface area contributed by atoms with Crippen LogP contribution in [0.3, 0.4) is 0 Å². The van der Waals surface area contributed by atoms with Crippen LogP contribution in [0, 0.1) is 6.92 Å². The molecule has 2 aromatic heterocycles. The lowest BCUT2D eigenvalue weighted by Crippen LogP contribution is -2.30. The number of hydrogen-bond donors (Lipinski definition) is 1. The third kappa shape index (κ3) is 4.93. The number of nitrogens with one attached hydrogen (secondary N) is 1. The van der Waals surface area contributed by atoms with E-state index in [2.05, 4.69) is 10.5 Å². The van der Waals surface area contributed by atoms with Gasteiger partial charge >= 0.3 is 11.9 Å². The monoisotopic (exact) mass is 428 g/mol. The van der Waals surface area contributed by atoms with Gasteiger partial charge < -0.3 is 19.3 Å². The summed E-state index contributed by atoms with van der Waals surface area (Å²) >= 11 is 1.23. The summed E-state index contributed by atoms with van der Waals surface area (Å²) in [6.07, 6.45) is -1.12. The number of benzene rings is 1. The van der Waals surface area contributed by atoms with Gasteiger partial charge in [-0.2, -0.15) is 0 Å². The van der Waals surface area contributed by atoms with Gasteiger partial charge in [-0.1, -0.05) is 35.5 Å². The average Bonchev–Trinajstić information content (AvgIpc) is 3.35.